The summed E-state index contributed by atoms with van der Waals surface area (Å²) < 4.78 is 0. The molecule has 0 aromatic carbocycles. The van der Waals surface area contributed by atoms with E-state index in [2.05, 4.69) is 19.2 Å². The molecule has 76 valence electrons. The maximum absolute atomic E-state index is 9.98. The molecule has 0 unspecified atom stereocenters. The van der Waals surface area contributed by atoms with E-state index in [9.17, 15) is 4.79 Å². The number of likely N-dealkylation sites (N-methyl/N-ethyl adjacent to an activating group) is 1. The third-order valence-electron chi connectivity index (χ3n) is 0.926. The summed E-state index contributed by atoms with van der Waals surface area (Å²) in [5, 5.41) is 2.72. The maximum Gasteiger partial charge on any atom is 0.143 e. The number of rotatable bonds is 3. The maximum atomic E-state index is 9.98. The number of ketones is 1. The molecular formula is C10H25NO. The molecule has 0 aliphatic carbocycles. The number of carbonyl (C=O) groups excluding carboxylic acids is 1. The van der Waals surface area contributed by atoms with Crippen molar-refractivity contribution in [2.75, 3.05) is 13.6 Å². The minimum atomic E-state index is 0.178. The van der Waals surface area contributed by atoms with Gasteiger partial charge in [-0.3, -0.25) is 4.79 Å². The van der Waals surface area contributed by atoms with E-state index in [1.54, 1.807) is 14.0 Å². The first-order valence-corrected chi connectivity index (χ1v) is 4.83. The molecule has 0 amide bonds. The lowest BCUT2D eigenvalue weighted by Crippen LogP contribution is -2.14. The van der Waals surface area contributed by atoms with Crippen LogP contribution in [0.5, 0.6) is 0 Å². The van der Waals surface area contributed by atoms with E-state index < -0.39 is 0 Å². The van der Waals surface area contributed by atoms with Crippen molar-refractivity contribution in [3.63, 3.8) is 0 Å². The molecule has 0 saturated carbocycles. The molecular weight excluding hydrogens is 150 g/mol. The average molecular weight is 175 g/mol. The van der Waals surface area contributed by atoms with Gasteiger partial charge in [0, 0.05) is 0 Å². The van der Waals surface area contributed by atoms with Crippen LogP contribution in [0.15, 0.2) is 0 Å². The van der Waals surface area contributed by atoms with Crippen molar-refractivity contribution < 1.29 is 4.79 Å². The summed E-state index contributed by atoms with van der Waals surface area (Å²) >= 11 is 0. The highest BCUT2D eigenvalue weighted by Crippen LogP contribution is 1.76. The Morgan fingerprint density at radius 2 is 1.50 bits per heavy atom. The zero-order chi connectivity index (χ0) is 10.4. The van der Waals surface area contributed by atoms with Gasteiger partial charge in [0.1, 0.15) is 5.78 Å². The van der Waals surface area contributed by atoms with Crippen LogP contribution in [0.4, 0.5) is 0 Å². The minimum absolute atomic E-state index is 0.178. The van der Waals surface area contributed by atoms with Gasteiger partial charge in [0.05, 0.1) is 6.54 Å². The molecule has 0 aromatic heterocycles. The highest BCUT2D eigenvalue weighted by Gasteiger charge is 1.82. The monoisotopic (exact) mass is 175 g/mol. The molecule has 2 heteroatoms. The number of unbranched alkanes of at least 4 members (excludes halogenated alkanes) is 1. The van der Waals surface area contributed by atoms with E-state index in [0.717, 1.165) is 0 Å². The van der Waals surface area contributed by atoms with Crippen molar-refractivity contribution in [1.29, 1.82) is 0 Å². The van der Waals surface area contributed by atoms with Crippen LogP contribution in [0.1, 0.15) is 47.5 Å². The second-order valence-electron chi connectivity index (χ2n) is 2.23. The molecule has 0 aromatic rings. The standard InChI is InChI=1S/C4H9NO.C4H10.C2H6/c1-4(6)3-5-2;1-3-4-2;1-2/h5H,3H2,1-2H3;3-4H2,1-2H3;1-2H3. The number of carbonyl (C=O) groups is 1. The van der Waals surface area contributed by atoms with Crippen LogP contribution in [0.25, 0.3) is 0 Å². The van der Waals surface area contributed by atoms with Gasteiger partial charge < -0.3 is 5.32 Å². The normalized spacial score (nSPS) is 7.17. The van der Waals surface area contributed by atoms with Crippen molar-refractivity contribution in [1.82, 2.24) is 5.32 Å². The van der Waals surface area contributed by atoms with E-state index in [1.807, 2.05) is 13.8 Å². The molecule has 0 bridgehead atoms. The van der Waals surface area contributed by atoms with E-state index in [4.69, 9.17) is 0 Å². The van der Waals surface area contributed by atoms with Crippen molar-refractivity contribution >= 4 is 5.78 Å². The van der Waals surface area contributed by atoms with Crippen LogP contribution in [-0.2, 0) is 4.79 Å². The third-order valence-corrected chi connectivity index (χ3v) is 0.926. The quantitative estimate of drug-likeness (QED) is 0.714. The smallest absolute Gasteiger partial charge is 0.143 e. The molecule has 0 saturated heterocycles. The van der Waals surface area contributed by atoms with Gasteiger partial charge in [0.25, 0.3) is 0 Å². The minimum Gasteiger partial charge on any atom is -0.313 e. The van der Waals surface area contributed by atoms with Crippen LogP contribution in [0, 0.1) is 0 Å². The Kier molecular flexibility index (Phi) is 33.0. The highest BCUT2D eigenvalue weighted by atomic mass is 16.1. The first-order chi connectivity index (χ1) is 5.68. The summed E-state index contributed by atoms with van der Waals surface area (Å²) in [7, 11) is 1.75. The SMILES string of the molecule is CC.CCCC.CNCC(C)=O. The predicted molar refractivity (Wildman–Crippen MR) is 56.5 cm³/mol. The first-order valence-electron chi connectivity index (χ1n) is 4.83. The van der Waals surface area contributed by atoms with Crippen LogP contribution >= 0.6 is 0 Å². The summed E-state index contributed by atoms with van der Waals surface area (Å²) in [4.78, 5) is 9.98. The first kappa shape index (κ1) is 17.6. The van der Waals surface area contributed by atoms with Gasteiger partial charge in [-0.1, -0.05) is 40.5 Å². The van der Waals surface area contributed by atoms with E-state index >= 15 is 0 Å². The zero-order valence-corrected chi connectivity index (χ0v) is 9.53. The van der Waals surface area contributed by atoms with Crippen LogP contribution in [0.3, 0.4) is 0 Å². The van der Waals surface area contributed by atoms with E-state index in [1.165, 1.54) is 12.8 Å². The number of Topliss-reactive ketones (excluding diaryl/α,β-unsaturated/α-hetero) is 1. The van der Waals surface area contributed by atoms with Gasteiger partial charge in [-0.2, -0.15) is 0 Å². The molecule has 0 spiro atoms. The Bertz CT molecular complexity index is 70.2. The molecule has 0 radical (unpaired) electrons. The summed E-state index contributed by atoms with van der Waals surface area (Å²) in [6.45, 7) is 10.4. The topological polar surface area (TPSA) is 29.1 Å². The molecule has 0 aliphatic rings. The zero-order valence-electron chi connectivity index (χ0n) is 9.53. The second kappa shape index (κ2) is 22.4. The summed E-state index contributed by atoms with van der Waals surface area (Å²) in [6.07, 6.45) is 2.64. The van der Waals surface area contributed by atoms with Crippen LogP contribution < -0.4 is 5.32 Å². The van der Waals surface area contributed by atoms with Crippen molar-refractivity contribution in [2.24, 2.45) is 0 Å². The van der Waals surface area contributed by atoms with Gasteiger partial charge in [0.15, 0.2) is 0 Å². The van der Waals surface area contributed by atoms with Crippen molar-refractivity contribution in [3.8, 4) is 0 Å². The number of nitrogens with one attached hydrogen (secondary N) is 1. The van der Waals surface area contributed by atoms with Gasteiger partial charge in [-0.25, -0.2) is 0 Å². The van der Waals surface area contributed by atoms with Gasteiger partial charge in [0.2, 0.25) is 0 Å². The third kappa shape index (κ3) is 54.4. The van der Waals surface area contributed by atoms with Crippen LogP contribution in [0.2, 0.25) is 0 Å². The molecule has 0 heterocycles. The Balaban J connectivity index is -0.000000118. The van der Waals surface area contributed by atoms with Gasteiger partial charge in [-0.15, -0.1) is 0 Å². The fourth-order valence-corrected chi connectivity index (χ4v) is 0.249. The Morgan fingerprint density at radius 1 is 1.17 bits per heavy atom. The Hall–Kier alpha value is -0.370. The fourth-order valence-electron chi connectivity index (χ4n) is 0.249. The highest BCUT2D eigenvalue weighted by molar-refractivity contribution is 5.77. The molecule has 0 aliphatic heterocycles. The Labute approximate surface area is 77.7 Å². The fraction of sp³-hybridized carbons (Fsp3) is 0.900. The molecule has 0 fully saturated rings. The Morgan fingerprint density at radius 3 is 1.50 bits per heavy atom. The number of hydrogen-bond donors (Lipinski definition) is 1. The lowest BCUT2D eigenvalue weighted by molar-refractivity contribution is -0.116. The lowest BCUT2D eigenvalue weighted by atomic mass is 10.4. The van der Waals surface area contributed by atoms with Gasteiger partial charge >= 0.3 is 0 Å². The number of hydrogen-bond acceptors (Lipinski definition) is 2. The predicted octanol–water partition coefficient (Wildman–Crippen LogP) is 2.63. The van der Waals surface area contributed by atoms with E-state index in [0.29, 0.717) is 6.54 Å². The second-order valence-corrected chi connectivity index (χ2v) is 2.23. The largest absolute Gasteiger partial charge is 0.313 e. The summed E-state index contributed by atoms with van der Waals surface area (Å²) in [5.74, 6) is 0.178. The van der Waals surface area contributed by atoms with Crippen molar-refractivity contribution in [2.45, 2.75) is 47.5 Å². The average Bonchev–Trinajstić information content (AvgIpc) is 2.08. The molecule has 0 atom stereocenters. The van der Waals surface area contributed by atoms with Crippen LogP contribution in [-0.4, -0.2) is 19.4 Å². The molecule has 2 nitrogen and oxygen atoms in total. The van der Waals surface area contributed by atoms with Gasteiger partial charge in [-0.05, 0) is 14.0 Å². The molecule has 12 heavy (non-hydrogen) atoms. The van der Waals surface area contributed by atoms with E-state index in [-0.39, 0.29) is 5.78 Å². The molecule has 0 rings (SSSR count). The van der Waals surface area contributed by atoms with Crippen molar-refractivity contribution in [3.05, 3.63) is 0 Å². The summed E-state index contributed by atoms with van der Waals surface area (Å²) in [6, 6.07) is 0. The summed E-state index contributed by atoms with van der Waals surface area (Å²) in [5.41, 5.74) is 0. The molecule has 1 N–H and O–H groups in total. The lowest BCUT2D eigenvalue weighted by Gasteiger charge is -1.85.